The standard InChI is InChI=1S/C20H26BFN2O2/c1-18(2,3)12-24-11-15(21-25-19(4,5)20(6,7)26-21)13-8-9-16(22)14(10-23)17(13)24/h8-9,11H,12H2,1-7H3. The van der Waals surface area contributed by atoms with Crippen LogP contribution in [0, 0.1) is 22.6 Å². The molecule has 0 N–H and O–H groups in total. The second-order valence-electron chi connectivity index (χ2n) is 9.29. The number of fused-ring (bicyclic) bond motifs is 1. The van der Waals surface area contributed by atoms with E-state index in [9.17, 15) is 9.65 Å². The Kier molecular flexibility index (Phi) is 4.25. The molecule has 2 heterocycles. The highest BCUT2D eigenvalue weighted by Crippen LogP contribution is 2.37. The summed E-state index contributed by atoms with van der Waals surface area (Å²) in [5, 5.41) is 10.3. The first-order chi connectivity index (χ1) is 11.9. The monoisotopic (exact) mass is 356 g/mol. The second kappa shape index (κ2) is 5.83. The van der Waals surface area contributed by atoms with Gasteiger partial charge in [0.2, 0.25) is 0 Å². The van der Waals surface area contributed by atoms with Gasteiger partial charge in [0.1, 0.15) is 17.4 Å². The van der Waals surface area contributed by atoms with Gasteiger partial charge < -0.3 is 13.9 Å². The van der Waals surface area contributed by atoms with Crippen molar-refractivity contribution in [3.8, 4) is 6.07 Å². The topological polar surface area (TPSA) is 47.2 Å². The molecule has 0 atom stereocenters. The van der Waals surface area contributed by atoms with Crippen LogP contribution in [0.2, 0.25) is 0 Å². The molecule has 1 aromatic carbocycles. The van der Waals surface area contributed by atoms with E-state index in [1.165, 1.54) is 6.07 Å². The van der Waals surface area contributed by atoms with E-state index in [0.717, 1.165) is 10.8 Å². The minimum Gasteiger partial charge on any atom is -0.399 e. The van der Waals surface area contributed by atoms with E-state index in [4.69, 9.17) is 9.31 Å². The van der Waals surface area contributed by atoms with Crippen LogP contribution in [-0.2, 0) is 15.9 Å². The van der Waals surface area contributed by atoms with Crippen LogP contribution in [0.4, 0.5) is 4.39 Å². The molecule has 0 saturated carbocycles. The van der Waals surface area contributed by atoms with E-state index >= 15 is 0 Å². The van der Waals surface area contributed by atoms with Crippen molar-refractivity contribution >= 4 is 23.5 Å². The Morgan fingerprint density at radius 1 is 1.15 bits per heavy atom. The summed E-state index contributed by atoms with van der Waals surface area (Å²) in [7, 11) is -0.555. The molecule has 1 aromatic heterocycles. The Balaban J connectivity index is 2.21. The highest BCUT2D eigenvalue weighted by molar-refractivity contribution is 6.65. The quantitative estimate of drug-likeness (QED) is 0.765. The zero-order valence-electron chi connectivity index (χ0n) is 16.6. The van der Waals surface area contributed by atoms with Crippen molar-refractivity contribution in [2.75, 3.05) is 0 Å². The van der Waals surface area contributed by atoms with Gasteiger partial charge in [-0.1, -0.05) is 26.8 Å². The maximum absolute atomic E-state index is 14.3. The zero-order chi connectivity index (χ0) is 19.5. The Bertz CT molecular complexity index is 887. The van der Waals surface area contributed by atoms with E-state index in [1.807, 2.05) is 44.5 Å². The third-order valence-electron chi connectivity index (χ3n) is 5.28. The highest BCUT2D eigenvalue weighted by Gasteiger charge is 2.52. The van der Waals surface area contributed by atoms with Gasteiger partial charge in [0.25, 0.3) is 0 Å². The van der Waals surface area contributed by atoms with Crippen LogP contribution >= 0.6 is 0 Å². The van der Waals surface area contributed by atoms with E-state index in [2.05, 4.69) is 20.8 Å². The normalized spacial score (nSPS) is 19.1. The average Bonchev–Trinajstić information content (AvgIpc) is 2.92. The van der Waals surface area contributed by atoms with Gasteiger partial charge in [-0.3, -0.25) is 0 Å². The fourth-order valence-electron chi connectivity index (χ4n) is 3.30. The number of hydrogen-bond donors (Lipinski definition) is 0. The third kappa shape index (κ3) is 3.04. The van der Waals surface area contributed by atoms with Gasteiger partial charge in [-0.05, 0) is 39.2 Å². The van der Waals surface area contributed by atoms with Crippen LogP contribution < -0.4 is 5.46 Å². The van der Waals surface area contributed by atoms with Crippen LogP contribution in [0.5, 0.6) is 0 Å². The summed E-state index contributed by atoms with van der Waals surface area (Å²) in [4.78, 5) is 0. The lowest BCUT2D eigenvalue weighted by atomic mass is 9.79. The van der Waals surface area contributed by atoms with Crippen molar-refractivity contribution in [1.29, 1.82) is 5.26 Å². The lowest BCUT2D eigenvalue weighted by molar-refractivity contribution is 0.00578. The lowest BCUT2D eigenvalue weighted by Gasteiger charge is -2.32. The van der Waals surface area contributed by atoms with Gasteiger partial charge >= 0.3 is 7.12 Å². The maximum atomic E-state index is 14.3. The molecule has 1 saturated heterocycles. The molecular formula is C20H26BFN2O2. The molecule has 1 fully saturated rings. The molecule has 0 aliphatic carbocycles. The number of rotatable bonds is 2. The van der Waals surface area contributed by atoms with Gasteiger partial charge in [-0.25, -0.2) is 4.39 Å². The molecule has 0 radical (unpaired) electrons. The third-order valence-corrected chi connectivity index (χ3v) is 5.28. The molecule has 0 unspecified atom stereocenters. The van der Waals surface area contributed by atoms with Gasteiger partial charge in [0.05, 0.1) is 16.7 Å². The van der Waals surface area contributed by atoms with Crippen LogP contribution in [0.15, 0.2) is 18.3 Å². The molecule has 2 aromatic rings. The Morgan fingerprint density at radius 3 is 2.23 bits per heavy atom. The Labute approximate surface area is 155 Å². The second-order valence-corrected chi connectivity index (χ2v) is 9.29. The molecule has 3 rings (SSSR count). The Hall–Kier alpha value is -1.84. The van der Waals surface area contributed by atoms with Crippen molar-refractivity contribution in [3.05, 3.63) is 29.7 Å². The Morgan fingerprint density at radius 2 is 1.73 bits per heavy atom. The summed E-state index contributed by atoms with van der Waals surface area (Å²) in [6.07, 6.45) is 1.94. The van der Waals surface area contributed by atoms with Crippen LogP contribution in [0.1, 0.15) is 54.0 Å². The molecule has 1 aliphatic heterocycles. The summed E-state index contributed by atoms with van der Waals surface area (Å²) in [6.45, 7) is 15.0. The van der Waals surface area contributed by atoms with E-state index in [1.54, 1.807) is 6.07 Å². The first-order valence-corrected chi connectivity index (χ1v) is 8.93. The molecule has 4 nitrogen and oxygen atoms in total. The predicted octanol–water partition coefficient (Wildman–Crippen LogP) is 4.00. The maximum Gasteiger partial charge on any atom is 0.497 e. The molecule has 26 heavy (non-hydrogen) atoms. The molecule has 0 bridgehead atoms. The minimum atomic E-state index is -0.555. The first-order valence-electron chi connectivity index (χ1n) is 8.93. The van der Waals surface area contributed by atoms with Crippen LogP contribution in [0.3, 0.4) is 0 Å². The summed E-state index contributed by atoms with van der Waals surface area (Å²) < 4.78 is 28.6. The molecule has 0 amide bonds. The van der Waals surface area contributed by atoms with Gasteiger partial charge in [-0.15, -0.1) is 0 Å². The summed E-state index contributed by atoms with van der Waals surface area (Å²) >= 11 is 0. The SMILES string of the molecule is CC(C)(C)Cn1cc(B2OC(C)(C)C(C)(C)O2)c2ccc(F)c(C#N)c21. The average molecular weight is 356 g/mol. The van der Waals surface area contributed by atoms with Crippen LogP contribution in [-0.4, -0.2) is 22.9 Å². The summed E-state index contributed by atoms with van der Waals surface area (Å²) in [5.74, 6) is -0.506. The largest absolute Gasteiger partial charge is 0.497 e. The van der Waals surface area contributed by atoms with Crippen molar-refractivity contribution < 1.29 is 13.7 Å². The van der Waals surface area contributed by atoms with E-state index < -0.39 is 24.1 Å². The summed E-state index contributed by atoms with van der Waals surface area (Å²) in [6, 6.07) is 5.08. The summed E-state index contributed by atoms with van der Waals surface area (Å²) in [5.41, 5.74) is 0.543. The predicted molar refractivity (Wildman–Crippen MR) is 102 cm³/mol. The lowest BCUT2D eigenvalue weighted by Crippen LogP contribution is -2.41. The zero-order valence-corrected chi connectivity index (χ0v) is 16.6. The van der Waals surface area contributed by atoms with Gasteiger partial charge in [0.15, 0.2) is 0 Å². The number of aromatic nitrogens is 1. The number of nitriles is 1. The molecule has 0 spiro atoms. The smallest absolute Gasteiger partial charge is 0.399 e. The molecule has 6 heteroatoms. The van der Waals surface area contributed by atoms with E-state index in [-0.39, 0.29) is 11.0 Å². The van der Waals surface area contributed by atoms with Crippen molar-refractivity contribution in [2.45, 2.75) is 66.2 Å². The fraction of sp³-hybridized carbons (Fsp3) is 0.550. The van der Waals surface area contributed by atoms with Crippen molar-refractivity contribution in [3.63, 3.8) is 0 Å². The highest BCUT2D eigenvalue weighted by atomic mass is 19.1. The van der Waals surface area contributed by atoms with Crippen LogP contribution in [0.25, 0.3) is 10.9 Å². The number of halogens is 1. The number of benzene rings is 1. The van der Waals surface area contributed by atoms with Crippen molar-refractivity contribution in [1.82, 2.24) is 4.57 Å². The van der Waals surface area contributed by atoms with E-state index in [0.29, 0.717) is 12.1 Å². The van der Waals surface area contributed by atoms with Crippen molar-refractivity contribution in [2.24, 2.45) is 5.41 Å². The molecular weight excluding hydrogens is 330 g/mol. The minimum absolute atomic E-state index is 0.0296. The van der Waals surface area contributed by atoms with Gasteiger partial charge in [0, 0.05) is 23.6 Å². The number of nitrogens with zero attached hydrogens (tertiary/aromatic N) is 2. The molecule has 1 aliphatic rings. The first kappa shape index (κ1) is 18.9. The molecule has 138 valence electrons. The van der Waals surface area contributed by atoms with Gasteiger partial charge in [-0.2, -0.15) is 5.26 Å². The fourth-order valence-corrected chi connectivity index (χ4v) is 3.30. The number of hydrogen-bond acceptors (Lipinski definition) is 3.